The summed E-state index contributed by atoms with van der Waals surface area (Å²) < 4.78 is 5.20. The van der Waals surface area contributed by atoms with E-state index in [0.717, 1.165) is 25.2 Å². The Hall–Kier alpha value is -2.16. The van der Waals surface area contributed by atoms with Gasteiger partial charge in [0.25, 0.3) is 5.91 Å². The van der Waals surface area contributed by atoms with E-state index in [1.807, 2.05) is 12.1 Å². The van der Waals surface area contributed by atoms with Crippen molar-refractivity contribution >= 4 is 11.8 Å². The fourth-order valence-corrected chi connectivity index (χ4v) is 3.14. The number of carbonyl (C=O) groups is 2. The number of primary amides is 1. The number of piperazine rings is 1. The van der Waals surface area contributed by atoms with Gasteiger partial charge in [0.15, 0.2) is 6.61 Å². The van der Waals surface area contributed by atoms with E-state index in [1.54, 1.807) is 19.1 Å². The van der Waals surface area contributed by atoms with E-state index in [2.05, 4.69) is 22.0 Å². The first kappa shape index (κ1) is 21.1. The first-order valence-corrected chi connectivity index (χ1v) is 9.24. The normalized spacial score (nSPS) is 19.4. The monoisotopic (exact) mass is 378 g/mol. The van der Waals surface area contributed by atoms with Crippen molar-refractivity contribution in [2.75, 3.05) is 39.3 Å². The van der Waals surface area contributed by atoms with Crippen LogP contribution in [0.3, 0.4) is 0 Å². The Morgan fingerprint density at radius 2 is 2.04 bits per heavy atom. The molecule has 0 saturated carbocycles. The molecule has 27 heavy (non-hydrogen) atoms. The Kier molecular flexibility index (Phi) is 8.02. The van der Waals surface area contributed by atoms with Crippen molar-refractivity contribution in [1.82, 2.24) is 15.1 Å². The zero-order valence-corrected chi connectivity index (χ0v) is 16.1. The van der Waals surface area contributed by atoms with Crippen molar-refractivity contribution in [2.45, 2.75) is 32.5 Å². The van der Waals surface area contributed by atoms with Crippen molar-refractivity contribution in [1.29, 1.82) is 0 Å². The van der Waals surface area contributed by atoms with Crippen molar-refractivity contribution in [2.24, 2.45) is 5.73 Å². The maximum atomic E-state index is 12.2. The molecule has 0 bridgehead atoms. The Bertz CT molecular complexity index is 621. The molecule has 2 amide bonds. The molecule has 1 aromatic rings. The van der Waals surface area contributed by atoms with Gasteiger partial charge in [-0.05, 0) is 31.5 Å². The number of carbonyl (C=O) groups excluding carboxylic acids is 2. The number of nitrogens with zero attached hydrogens (tertiary/aromatic N) is 2. The third-order valence-corrected chi connectivity index (χ3v) is 4.51. The van der Waals surface area contributed by atoms with Crippen LogP contribution < -0.4 is 15.8 Å². The standard InChI is InChI=1S/C19H30N4O4/c1-14-10-22(7-8-23(14)11-15(2)24)12-19(26)21-9-16-3-5-17(6-4-16)27-13-18(20)25/h3-6,14-15,24H,7-13H2,1-2H3,(H2,20,25)(H,21,26)/t14-,15+/m0/s1. The van der Waals surface area contributed by atoms with E-state index in [-0.39, 0.29) is 18.6 Å². The van der Waals surface area contributed by atoms with E-state index < -0.39 is 5.91 Å². The van der Waals surface area contributed by atoms with Gasteiger partial charge in [0.1, 0.15) is 5.75 Å². The summed E-state index contributed by atoms with van der Waals surface area (Å²) in [5.74, 6) is 0.0283. The van der Waals surface area contributed by atoms with Crippen molar-refractivity contribution in [3.05, 3.63) is 29.8 Å². The van der Waals surface area contributed by atoms with Gasteiger partial charge in [0.05, 0.1) is 12.6 Å². The van der Waals surface area contributed by atoms with E-state index in [1.165, 1.54) is 0 Å². The molecule has 8 heteroatoms. The topological polar surface area (TPSA) is 108 Å². The smallest absolute Gasteiger partial charge is 0.255 e. The van der Waals surface area contributed by atoms with Crippen LogP contribution in [0.2, 0.25) is 0 Å². The number of aliphatic hydroxyl groups is 1. The minimum atomic E-state index is -0.521. The minimum absolute atomic E-state index is 0.0137. The van der Waals surface area contributed by atoms with Crippen LogP contribution in [0, 0.1) is 0 Å². The van der Waals surface area contributed by atoms with Gasteiger partial charge in [0.2, 0.25) is 5.91 Å². The number of nitrogens with two attached hydrogens (primary N) is 1. The van der Waals surface area contributed by atoms with Crippen molar-refractivity contribution < 1.29 is 19.4 Å². The zero-order chi connectivity index (χ0) is 19.8. The van der Waals surface area contributed by atoms with Gasteiger partial charge in [-0.2, -0.15) is 0 Å². The molecular formula is C19H30N4O4. The molecule has 0 spiro atoms. The summed E-state index contributed by atoms with van der Waals surface area (Å²) in [5.41, 5.74) is 5.99. The number of ether oxygens (including phenoxy) is 1. The number of rotatable bonds is 9. The molecular weight excluding hydrogens is 348 g/mol. The van der Waals surface area contributed by atoms with Gasteiger partial charge in [0, 0.05) is 38.8 Å². The summed E-state index contributed by atoms with van der Waals surface area (Å²) in [7, 11) is 0. The molecule has 1 heterocycles. The minimum Gasteiger partial charge on any atom is -0.484 e. The SMILES string of the molecule is C[C@@H](O)CN1CCN(CC(=O)NCc2ccc(OCC(N)=O)cc2)C[C@@H]1C. The quantitative estimate of drug-likeness (QED) is 0.537. The van der Waals surface area contributed by atoms with E-state index in [9.17, 15) is 14.7 Å². The van der Waals surface area contributed by atoms with Crippen LogP contribution in [0.4, 0.5) is 0 Å². The Morgan fingerprint density at radius 1 is 1.33 bits per heavy atom. The molecule has 2 atom stereocenters. The second-order valence-electron chi connectivity index (χ2n) is 7.10. The Balaban J connectivity index is 1.71. The summed E-state index contributed by atoms with van der Waals surface area (Å²) in [6, 6.07) is 7.48. The molecule has 0 radical (unpaired) electrons. The van der Waals surface area contributed by atoms with Gasteiger partial charge < -0.3 is 20.9 Å². The molecule has 150 valence electrons. The predicted molar refractivity (Wildman–Crippen MR) is 102 cm³/mol. The maximum Gasteiger partial charge on any atom is 0.255 e. The van der Waals surface area contributed by atoms with E-state index in [0.29, 0.717) is 31.4 Å². The summed E-state index contributed by atoms with van der Waals surface area (Å²) in [6.07, 6.45) is -0.338. The van der Waals surface area contributed by atoms with E-state index in [4.69, 9.17) is 10.5 Å². The molecule has 0 aromatic heterocycles. The largest absolute Gasteiger partial charge is 0.484 e. The summed E-state index contributed by atoms with van der Waals surface area (Å²) in [6.45, 7) is 7.71. The van der Waals surface area contributed by atoms with Crippen LogP contribution in [0.1, 0.15) is 19.4 Å². The third kappa shape index (κ3) is 7.54. The number of aliphatic hydroxyl groups excluding tert-OH is 1. The highest BCUT2D eigenvalue weighted by atomic mass is 16.5. The number of amides is 2. The van der Waals surface area contributed by atoms with Crippen LogP contribution in [0.5, 0.6) is 5.75 Å². The van der Waals surface area contributed by atoms with Crippen LogP contribution in [-0.4, -0.2) is 78.2 Å². The lowest BCUT2D eigenvalue weighted by molar-refractivity contribution is -0.123. The molecule has 1 saturated heterocycles. The van der Waals surface area contributed by atoms with Gasteiger partial charge >= 0.3 is 0 Å². The molecule has 8 nitrogen and oxygen atoms in total. The highest BCUT2D eigenvalue weighted by molar-refractivity contribution is 5.78. The molecule has 2 rings (SSSR count). The fourth-order valence-electron chi connectivity index (χ4n) is 3.14. The number of hydrogen-bond acceptors (Lipinski definition) is 6. The fraction of sp³-hybridized carbons (Fsp3) is 0.579. The lowest BCUT2D eigenvalue weighted by Crippen LogP contribution is -2.55. The highest BCUT2D eigenvalue weighted by Crippen LogP contribution is 2.12. The summed E-state index contributed by atoms with van der Waals surface area (Å²) in [4.78, 5) is 27.3. The van der Waals surface area contributed by atoms with Crippen molar-refractivity contribution in [3.63, 3.8) is 0 Å². The van der Waals surface area contributed by atoms with E-state index >= 15 is 0 Å². The molecule has 0 aliphatic carbocycles. The number of benzene rings is 1. The number of nitrogens with one attached hydrogen (secondary N) is 1. The molecule has 1 fully saturated rings. The maximum absolute atomic E-state index is 12.2. The van der Waals surface area contributed by atoms with Crippen LogP contribution in [-0.2, 0) is 16.1 Å². The molecule has 1 aliphatic rings. The Labute approximate surface area is 160 Å². The highest BCUT2D eigenvalue weighted by Gasteiger charge is 2.25. The van der Waals surface area contributed by atoms with Gasteiger partial charge in [-0.25, -0.2) is 0 Å². The first-order chi connectivity index (χ1) is 12.8. The lowest BCUT2D eigenvalue weighted by atomic mass is 10.1. The number of hydrogen-bond donors (Lipinski definition) is 3. The molecule has 1 aliphatic heterocycles. The van der Waals surface area contributed by atoms with Gasteiger partial charge in [-0.3, -0.25) is 19.4 Å². The molecule has 1 aromatic carbocycles. The van der Waals surface area contributed by atoms with Crippen LogP contribution in [0.15, 0.2) is 24.3 Å². The summed E-state index contributed by atoms with van der Waals surface area (Å²) >= 11 is 0. The second-order valence-corrected chi connectivity index (χ2v) is 7.10. The number of β-amino-alcohol motifs (C(OH)–C–C–N with tert-alkyl or cyclic N) is 1. The summed E-state index contributed by atoms with van der Waals surface area (Å²) in [5, 5.41) is 12.5. The molecule has 4 N–H and O–H groups in total. The third-order valence-electron chi connectivity index (χ3n) is 4.51. The lowest BCUT2D eigenvalue weighted by Gasteiger charge is -2.40. The van der Waals surface area contributed by atoms with Crippen LogP contribution in [0.25, 0.3) is 0 Å². The predicted octanol–water partition coefficient (Wildman–Crippen LogP) is -0.446. The average Bonchev–Trinajstić information content (AvgIpc) is 2.61. The van der Waals surface area contributed by atoms with Crippen molar-refractivity contribution in [3.8, 4) is 5.75 Å². The average molecular weight is 378 g/mol. The first-order valence-electron chi connectivity index (χ1n) is 9.24. The molecule has 0 unspecified atom stereocenters. The van der Waals surface area contributed by atoms with Gasteiger partial charge in [-0.15, -0.1) is 0 Å². The van der Waals surface area contributed by atoms with Crippen LogP contribution >= 0.6 is 0 Å². The van der Waals surface area contributed by atoms with Gasteiger partial charge in [-0.1, -0.05) is 12.1 Å². The zero-order valence-electron chi connectivity index (χ0n) is 16.1. The Morgan fingerprint density at radius 3 is 2.63 bits per heavy atom. The second kappa shape index (κ2) is 10.2.